The van der Waals surface area contributed by atoms with Crippen molar-refractivity contribution in [2.45, 2.75) is 17.9 Å². The number of hydrogen-bond donors (Lipinski definition) is 3. The Hall–Kier alpha value is -0.910. The summed E-state index contributed by atoms with van der Waals surface area (Å²) in [6, 6.07) is 5.48. The lowest BCUT2D eigenvalue weighted by Crippen LogP contribution is -2.14. The SMILES string of the molecule is CCOc1cc(SCC(O)CO)ccc1N. The van der Waals surface area contributed by atoms with E-state index in [0.29, 0.717) is 23.8 Å². The highest BCUT2D eigenvalue weighted by Gasteiger charge is 2.05. The van der Waals surface area contributed by atoms with Crippen LogP contribution in [0.3, 0.4) is 0 Å². The molecule has 0 fully saturated rings. The van der Waals surface area contributed by atoms with Crippen LogP contribution in [0, 0.1) is 0 Å². The van der Waals surface area contributed by atoms with Crippen molar-refractivity contribution in [3.05, 3.63) is 18.2 Å². The van der Waals surface area contributed by atoms with Gasteiger partial charge >= 0.3 is 0 Å². The number of benzene rings is 1. The number of aliphatic hydroxyl groups excluding tert-OH is 2. The Kier molecular flexibility index (Phi) is 5.45. The van der Waals surface area contributed by atoms with Crippen molar-refractivity contribution in [3.8, 4) is 5.75 Å². The molecule has 0 heterocycles. The third-order valence-electron chi connectivity index (χ3n) is 1.94. The predicted octanol–water partition coefficient (Wildman–Crippen LogP) is 1.11. The van der Waals surface area contributed by atoms with Crippen LogP contribution < -0.4 is 10.5 Å². The van der Waals surface area contributed by atoms with Gasteiger partial charge in [-0.15, -0.1) is 11.8 Å². The fourth-order valence-corrected chi connectivity index (χ4v) is 1.97. The molecule has 0 radical (unpaired) electrons. The number of rotatable bonds is 6. The summed E-state index contributed by atoms with van der Waals surface area (Å²) in [7, 11) is 0. The van der Waals surface area contributed by atoms with Crippen molar-refractivity contribution in [2.24, 2.45) is 0 Å². The van der Waals surface area contributed by atoms with Crippen molar-refractivity contribution < 1.29 is 14.9 Å². The van der Waals surface area contributed by atoms with E-state index in [1.165, 1.54) is 11.8 Å². The molecule has 1 atom stereocenters. The maximum absolute atomic E-state index is 9.22. The van der Waals surface area contributed by atoms with Crippen LogP contribution in [0.5, 0.6) is 5.75 Å². The molecule has 0 aliphatic carbocycles. The molecule has 5 heteroatoms. The van der Waals surface area contributed by atoms with Crippen LogP contribution in [-0.2, 0) is 0 Å². The monoisotopic (exact) mass is 243 g/mol. The van der Waals surface area contributed by atoms with Crippen molar-refractivity contribution in [2.75, 3.05) is 24.7 Å². The average molecular weight is 243 g/mol. The van der Waals surface area contributed by atoms with Crippen LogP contribution >= 0.6 is 11.8 Å². The average Bonchev–Trinajstić information content (AvgIpc) is 2.30. The van der Waals surface area contributed by atoms with Gasteiger partial charge in [-0.2, -0.15) is 0 Å². The molecule has 4 N–H and O–H groups in total. The molecular formula is C11H17NO3S. The molecule has 0 aromatic heterocycles. The summed E-state index contributed by atoms with van der Waals surface area (Å²) in [6.45, 7) is 2.24. The van der Waals surface area contributed by atoms with E-state index >= 15 is 0 Å². The van der Waals surface area contributed by atoms with Gasteiger partial charge in [0.05, 0.1) is 25.0 Å². The second-order valence-electron chi connectivity index (χ2n) is 3.28. The number of anilines is 1. The highest BCUT2D eigenvalue weighted by Crippen LogP contribution is 2.28. The predicted molar refractivity (Wildman–Crippen MR) is 65.8 cm³/mol. The standard InChI is InChI=1S/C11H17NO3S/c1-2-15-11-5-9(3-4-10(11)12)16-7-8(14)6-13/h3-5,8,13-14H,2,6-7,12H2,1H3. The number of nitrogens with two attached hydrogens (primary N) is 1. The van der Waals surface area contributed by atoms with Crippen LogP contribution in [-0.4, -0.2) is 35.3 Å². The largest absolute Gasteiger partial charge is 0.492 e. The number of aliphatic hydroxyl groups is 2. The van der Waals surface area contributed by atoms with E-state index in [2.05, 4.69) is 0 Å². The highest BCUT2D eigenvalue weighted by atomic mass is 32.2. The molecular weight excluding hydrogens is 226 g/mol. The second-order valence-corrected chi connectivity index (χ2v) is 4.37. The van der Waals surface area contributed by atoms with E-state index in [1.807, 2.05) is 19.1 Å². The van der Waals surface area contributed by atoms with Crippen molar-refractivity contribution in [3.63, 3.8) is 0 Å². The van der Waals surface area contributed by atoms with E-state index < -0.39 is 6.10 Å². The Morgan fingerprint density at radius 1 is 1.50 bits per heavy atom. The summed E-state index contributed by atoms with van der Waals surface area (Å²) < 4.78 is 5.36. The van der Waals surface area contributed by atoms with Crippen LogP contribution in [0.2, 0.25) is 0 Å². The van der Waals surface area contributed by atoms with Gasteiger partial charge in [-0.25, -0.2) is 0 Å². The highest BCUT2D eigenvalue weighted by molar-refractivity contribution is 7.99. The molecule has 1 unspecified atom stereocenters. The zero-order valence-electron chi connectivity index (χ0n) is 9.22. The summed E-state index contributed by atoms with van der Waals surface area (Å²) >= 11 is 1.46. The summed E-state index contributed by atoms with van der Waals surface area (Å²) in [6.07, 6.45) is -0.696. The van der Waals surface area contributed by atoms with Gasteiger partial charge < -0.3 is 20.7 Å². The topological polar surface area (TPSA) is 75.7 Å². The van der Waals surface area contributed by atoms with E-state index in [1.54, 1.807) is 6.07 Å². The van der Waals surface area contributed by atoms with Crippen molar-refractivity contribution in [1.82, 2.24) is 0 Å². The zero-order valence-corrected chi connectivity index (χ0v) is 10.0. The summed E-state index contributed by atoms with van der Waals surface area (Å²) in [5.41, 5.74) is 6.34. The minimum Gasteiger partial charge on any atom is -0.492 e. The molecule has 1 aromatic carbocycles. The van der Waals surface area contributed by atoms with E-state index in [9.17, 15) is 5.11 Å². The maximum atomic E-state index is 9.22. The molecule has 16 heavy (non-hydrogen) atoms. The van der Waals surface area contributed by atoms with Crippen molar-refractivity contribution in [1.29, 1.82) is 0 Å². The molecule has 0 saturated heterocycles. The molecule has 0 aliphatic rings. The van der Waals surface area contributed by atoms with E-state index in [4.69, 9.17) is 15.6 Å². The molecule has 0 aliphatic heterocycles. The number of nitrogen functional groups attached to an aromatic ring is 1. The Bertz CT molecular complexity index is 333. The van der Waals surface area contributed by atoms with Gasteiger partial charge in [-0.3, -0.25) is 0 Å². The number of hydrogen-bond acceptors (Lipinski definition) is 5. The first-order chi connectivity index (χ1) is 7.67. The molecule has 0 bridgehead atoms. The number of ether oxygens (including phenoxy) is 1. The fourth-order valence-electron chi connectivity index (χ4n) is 1.13. The normalized spacial score (nSPS) is 12.4. The lowest BCUT2D eigenvalue weighted by Gasteiger charge is -2.10. The van der Waals surface area contributed by atoms with Crippen molar-refractivity contribution >= 4 is 17.4 Å². The zero-order chi connectivity index (χ0) is 12.0. The first kappa shape index (κ1) is 13.2. The van der Waals surface area contributed by atoms with Gasteiger partial charge in [0, 0.05) is 10.6 Å². The summed E-state index contributed by atoms with van der Waals surface area (Å²) in [5, 5.41) is 17.9. The summed E-state index contributed by atoms with van der Waals surface area (Å²) in [5.74, 6) is 1.11. The third kappa shape index (κ3) is 3.92. The van der Waals surface area contributed by atoms with Crippen LogP contribution in [0.4, 0.5) is 5.69 Å². The fraction of sp³-hybridized carbons (Fsp3) is 0.455. The van der Waals surface area contributed by atoms with E-state index in [-0.39, 0.29) is 6.61 Å². The van der Waals surface area contributed by atoms with Gasteiger partial charge in [-0.1, -0.05) is 0 Å². The van der Waals surface area contributed by atoms with Gasteiger partial charge in [0.25, 0.3) is 0 Å². The first-order valence-electron chi connectivity index (χ1n) is 5.11. The Morgan fingerprint density at radius 3 is 2.88 bits per heavy atom. The summed E-state index contributed by atoms with van der Waals surface area (Å²) in [4.78, 5) is 0.963. The third-order valence-corrected chi connectivity index (χ3v) is 3.08. The maximum Gasteiger partial charge on any atom is 0.143 e. The lowest BCUT2D eigenvalue weighted by atomic mass is 10.3. The molecule has 0 amide bonds. The van der Waals surface area contributed by atoms with Gasteiger partial charge in [0.1, 0.15) is 5.75 Å². The van der Waals surface area contributed by atoms with Gasteiger partial charge in [-0.05, 0) is 25.1 Å². The van der Waals surface area contributed by atoms with Crippen LogP contribution in [0.1, 0.15) is 6.92 Å². The second kappa shape index (κ2) is 6.62. The Balaban J connectivity index is 2.63. The Labute approximate surface area is 99.4 Å². The smallest absolute Gasteiger partial charge is 0.143 e. The molecule has 4 nitrogen and oxygen atoms in total. The molecule has 0 spiro atoms. The first-order valence-corrected chi connectivity index (χ1v) is 6.10. The Morgan fingerprint density at radius 2 is 2.25 bits per heavy atom. The van der Waals surface area contributed by atoms with Crippen LogP contribution in [0.15, 0.2) is 23.1 Å². The quantitative estimate of drug-likeness (QED) is 0.515. The minimum absolute atomic E-state index is 0.222. The van der Waals surface area contributed by atoms with Gasteiger partial charge in [0.15, 0.2) is 0 Å². The molecule has 90 valence electrons. The lowest BCUT2D eigenvalue weighted by molar-refractivity contribution is 0.113. The number of thioether (sulfide) groups is 1. The molecule has 0 saturated carbocycles. The van der Waals surface area contributed by atoms with E-state index in [0.717, 1.165) is 4.90 Å². The van der Waals surface area contributed by atoms with Crippen LogP contribution in [0.25, 0.3) is 0 Å². The minimum atomic E-state index is -0.696. The molecule has 1 aromatic rings. The van der Waals surface area contributed by atoms with Gasteiger partial charge in [0.2, 0.25) is 0 Å². The molecule has 1 rings (SSSR count).